The second-order valence-corrected chi connectivity index (χ2v) is 6.93. The van der Waals surface area contributed by atoms with Gasteiger partial charge in [0.15, 0.2) is 0 Å². The minimum atomic E-state index is -0.548. The van der Waals surface area contributed by atoms with Gasteiger partial charge in [-0.15, -0.1) is 0 Å². The zero-order valence-corrected chi connectivity index (χ0v) is 15.0. The summed E-state index contributed by atoms with van der Waals surface area (Å²) in [4.78, 5) is 42.4. The van der Waals surface area contributed by atoms with E-state index in [0.29, 0.717) is 37.4 Å². The van der Waals surface area contributed by atoms with Gasteiger partial charge in [-0.2, -0.15) is 4.99 Å². The molecule has 0 aliphatic carbocycles. The second kappa shape index (κ2) is 7.49. The molecule has 7 nitrogen and oxygen atoms in total. The number of amides is 2. The van der Waals surface area contributed by atoms with Crippen LogP contribution < -0.4 is 0 Å². The number of piperazine rings is 1. The van der Waals surface area contributed by atoms with Gasteiger partial charge in [0.05, 0.1) is 11.3 Å². The monoisotopic (exact) mass is 345 g/mol. The first-order valence-corrected chi connectivity index (χ1v) is 8.17. The van der Waals surface area contributed by atoms with Crippen LogP contribution in [0.5, 0.6) is 0 Å². The van der Waals surface area contributed by atoms with Crippen LogP contribution in [-0.2, 0) is 9.53 Å². The van der Waals surface area contributed by atoms with E-state index in [1.165, 1.54) is 6.08 Å². The Bertz CT molecular complexity index is 710. The molecule has 1 saturated heterocycles. The number of carbonyl (C=O) groups is 2. The second-order valence-electron chi connectivity index (χ2n) is 6.93. The van der Waals surface area contributed by atoms with Crippen molar-refractivity contribution in [3.05, 3.63) is 29.3 Å². The number of aliphatic imine (C=N–C) groups is 1. The van der Waals surface area contributed by atoms with E-state index >= 15 is 0 Å². The highest BCUT2D eigenvalue weighted by atomic mass is 16.6. The first-order chi connectivity index (χ1) is 11.7. The number of ether oxygens (including phenoxy) is 1. The fourth-order valence-electron chi connectivity index (χ4n) is 2.61. The first-order valence-electron chi connectivity index (χ1n) is 8.17. The molecule has 1 aromatic rings. The minimum Gasteiger partial charge on any atom is -0.444 e. The van der Waals surface area contributed by atoms with Crippen LogP contribution in [0.2, 0.25) is 0 Å². The van der Waals surface area contributed by atoms with Crippen LogP contribution in [0.25, 0.3) is 0 Å². The number of carbonyl (C=O) groups excluding carboxylic acids is 3. The molecule has 0 aromatic heterocycles. The molecule has 2 rings (SSSR count). The maximum absolute atomic E-state index is 12.8. The van der Waals surface area contributed by atoms with E-state index in [4.69, 9.17) is 4.74 Å². The summed E-state index contributed by atoms with van der Waals surface area (Å²) in [5.74, 6) is -0.207. The number of rotatable bonds is 2. The summed E-state index contributed by atoms with van der Waals surface area (Å²) in [6.45, 7) is 8.84. The molecule has 25 heavy (non-hydrogen) atoms. The highest BCUT2D eigenvalue weighted by molar-refractivity contribution is 6.00. The molecule has 0 saturated carbocycles. The van der Waals surface area contributed by atoms with E-state index in [0.717, 1.165) is 5.56 Å². The fourth-order valence-corrected chi connectivity index (χ4v) is 2.61. The summed E-state index contributed by atoms with van der Waals surface area (Å²) in [7, 11) is 0. The molecule has 0 unspecified atom stereocenters. The van der Waals surface area contributed by atoms with Gasteiger partial charge in [0.25, 0.3) is 5.91 Å². The highest BCUT2D eigenvalue weighted by Gasteiger charge is 2.29. The largest absolute Gasteiger partial charge is 0.444 e. The zero-order chi connectivity index (χ0) is 18.6. The van der Waals surface area contributed by atoms with Gasteiger partial charge in [-0.3, -0.25) is 4.79 Å². The van der Waals surface area contributed by atoms with Crippen LogP contribution in [0, 0.1) is 6.92 Å². The van der Waals surface area contributed by atoms with E-state index in [1.54, 1.807) is 34.9 Å². The van der Waals surface area contributed by atoms with Crippen LogP contribution >= 0.6 is 0 Å². The van der Waals surface area contributed by atoms with Gasteiger partial charge in [-0.05, 0) is 39.3 Å². The van der Waals surface area contributed by atoms with Crippen LogP contribution in [-0.4, -0.2) is 59.7 Å². The standard InChI is InChI=1S/C18H23N3O4/c1-13-6-5-7-14(15(13)19-12-22)16(23)20-8-10-21(11-9-20)17(24)25-18(2,3)4/h5-7H,8-11H2,1-4H3. The smallest absolute Gasteiger partial charge is 0.410 e. The van der Waals surface area contributed by atoms with E-state index < -0.39 is 5.60 Å². The summed E-state index contributed by atoms with van der Waals surface area (Å²) in [6, 6.07) is 5.18. The first kappa shape index (κ1) is 18.7. The number of hydrogen-bond donors (Lipinski definition) is 0. The van der Waals surface area contributed by atoms with Crippen molar-refractivity contribution in [2.75, 3.05) is 26.2 Å². The summed E-state index contributed by atoms with van der Waals surface area (Å²) < 4.78 is 5.35. The molecule has 1 aliphatic rings. The zero-order valence-electron chi connectivity index (χ0n) is 15.0. The average Bonchev–Trinajstić information content (AvgIpc) is 2.55. The predicted octanol–water partition coefficient (Wildman–Crippen LogP) is 2.66. The fraction of sp³-hybridized carbons (Fsp3) is 0.500. The minimum absolute atomic E-state index is 0.207. The van der Waals surface area contributed by atoms with Crippen molar-refractivity contribution < 1.29 is 19.1 Å². The lowest BCUT2D eigenvalue weighted by atomic mass is 10.1. The Hall–Kier alpha value is -2.66. The lowest BCUT2D eigenvalue weighted by Crippen LogP contribution is -2.51. The van der Waals surface area contributed by atoms with Crippen LogP contribution in [0.15, 0.2) is 23.2 Å². The molecule has 1 heterocycles. The summed E-state index contributed by atoms with van der Waals surface area (Å²) >= 11 is 0. The van der Waals surface area contributed by atoms with Crippen molar-refractivity contribution in [1.29, 1.82) is 0 Å². The van der Waals surface area contributed by atoms with Crippen molar-refractivity contribution >= 4 is 23.8 Å². The van der Waals surface area contributed by atoms with Crippen molar-refractivity contribution in [1.82, 2.24) is 9.80 Å². The predicted molar refractivity (Wildman–Crippen MR) is 92.7 cm³/mol. The number of hydrogen-bond acceptors (Lipinski definition) is 5. The van der Waals surface area contributed by atoms with E-state index in [1.807, 2.05) is 20.8 Å². The van der Waals surface area contributed by atoms with Gasteiger partial charge >= 0.3 is 6.09 Å². The van der Waals surface area contributed by atoms with E-state index in [2.05, 4.69) is 4.99 Å². The third kappa shape index (κ3) is 4.67. The maximum atomic E-state index is 12.8. The third-order valence-electron chi connectivity index (χ3n) is 3.84. The summed E-state index contributed by atoms with van der Waals surface area (Å²) in [5.41, 5.74) is 0.903. The Morgan fingerprint density at radius 2 is 1.72 bits per heavy atom. The van der Waals surface area contributed by atoms with Crippen molar-refractivity contribution in [3.63, 3.8) is 0 Å². The number of benzene rings is 1. The number of isocyanates is 1. The van der Waals surface area contributed by atoms with Gasteiger partial charge in [0, 0.05) is 26.2 Å². The Kier molecular flexibility index (Phi) is 5.59. The van der Waals surface area contributed by atoms with Crippen LogP contribution in [0.3, 0.4) is 0 Å². The normalized spacial score (nSPS) is 14.7. The third-order valence-corrected chi connectivity index (χ3v) is 3.84. The Morgan fingerprint density at radius 3 is 2.28 bits per heavy atom. The molecule has 0 spiro atoms. The van der Waals surface area contributed by atoms with Crippen molar-refractivity contribution in [3.8, 4) is 0 Å². The molecule has 134 valence electrons. The van der Waals surface area contributed by atoms with Crippen molar-refractivity contribution in [2.45, 2.75) is 33.3 Å². The summed E-state index contributed by atoms with van der Waals surface area (Å²) in [6.07, 6.45) is 1.13. The highest BCUT2D eigenvalue weighted by Crippen LogP contribution is 2.25. The molecule has 0 atom stereocenters. The molecule has 0 N–H and O–H groups in total. The number of para-hydroxylation sites is 1. The molecule has 0 radical (unpaired) electrons. The maximum Gasteiger partial charge on any atom is 0.410 e. The molecule has 0 bridgehead atoms. The van der Waals surface area contributed by atoms with Gasteiger partial charge in [-0.1, -0.05) is 12.1 Å². The topological polar surface area (TPSA) is 79.3 Å². The lowest BCUT2D eigenvalue weighted by molar-refractivity contribution is 0.0141. The Labute approximate surface area is 147 Å². The summed E-state index contributed by atoms with van der Waals surface area (Å²) in [5, 5.41) is 0. The molecular formula is C18H23N3O4. The average molecular weight is 345 g/mol. The molecule has 1 fully saturated rings. The SMILES string of the molecule is Cc1cccc(C(=O)N2CCN(C(=O)OC(C)(C)C)CC2)c1N=C=O. The van der Waals surface area contributed by atoms with Crippen LogP contribution in [0.1, 0.15) is 36.7 Å². The molecule has 2 amide bonds. The quantitative estimate of drug-likeness (QED) is 0.610. The molecular weight excluding hydrogens is 322 g/mol. The lowest BCUT2D eigenvalue weighted by Gasteiger charge is -2.35. The number of nitrogens with zero attached hydrogens (tertiary/aromatic N) is 3. The molecule has 7 heteroatoms. The van der Waals surface area contributed by atoms with Crippen LogP contribution in [0.4, 0.5) is 10.5 Å². The van der Waals surface area contributed by atoms with Crippen molar-refractivity contribution in [2.24, 2.45) is 4.99 Å². The molecule has 1 aromatic carbocycles. The van der Waals surface area contributed by atoms with Gasteiger partial charge in [0.1, 0.15) is 5.60 Å². The number of aryl methyl sites for hydroxylation is 1. The molecule has 1 aliphatic heterocycles. The van der Waals surface area contributed by atoms with E-state index in [9.17, 15) is 14.4 Å². The Balaban J connectivity index is 2.06. The van der Waals surface area contributed by atoms with E-state index in [-0.39, 0.29) is 12.0 Å². The van der Waals surface area contributed by atoms with Gasteiger partial charge < -0.3 is 14.5 Å². The Morgan fingerprint density at radius 1 is 1.12 bits per heavy atom. The van der Waals surface area contributed by atoms with Gasteiger partial charge in [0.2, 0.25) is 6.08 Å². The van der Waals surface area contributed by atoms with Gasteiger partial charge in [-0.25, -0.2) is 9.59 Å².